The number of aromatic nitrogens is 1. The molecular weight excluding hydrogens is 331 g/mol. The first kappa shape index (κ1) is 14.1. The lowest BCUT2D eigenvalue weighted by molar-refractivity contribution is 0.0690. The zero-order chi connectivity index (χ0) is 14.7. The summed E-state index contributed by atoms with van der Waals surface area (Å²) in [6.07, 6.45) is 0. The molecule has 0 aliphatic heterocycles. The molecule has 0 radical (unpaired) electrons. The maximum atomic E-state index is 13.5. The fourth-order valence-electron chi connectivity index (χ4n) is 1.46. The molecule has 1 aromatic carbocycles. The zero-order valence-corrected chi connectivity index (χ0v) is 11.5. The minimum absolute atomic E-state index is 0.0214. The van der Waals surface area contributed by atoms with Crippen molar-refractivity contribution in [1.29, 1.82) is 0 Å². The molecule has 1 aromatic heterocycles. The van der Waals surface area contributed by atoms with Gasteiger partial charge < -0.3 is 10.4 Å². The Bertz CT molecular complexity index is 691. The van der Waals surface area contributed by atoms with Crippen molar-refractivity contribution in [2.24, 2.45) is 0 Å². The van der Waals surface area contributed by atoms with Crippen LogP contribution in [0.15, 0.2) is 40.9 Å². The number of nitrogens with zero attached hydrogens (tertiary/aromatic N) is 1. The molecule has 2 aromatic rings. The standard InChI is InChI=1S/C13H8BrFN2O3/c14-7-4-5-8(15)11(6-7)17-12(18)9-2-1-3-10(16-9)13(19)20/h1-6H,(H,17,18)(H,19,20). The van der Waals surface area contributed by atoms with Crippen LogP contribution in [0.1, 0.15) is 21.0 Å². The molecular formula is C13H8BrFN2O3. The second-order valence-corrected chi connectivity index (χ2v) is 4.71. The van der Waals surface area contributed by atoms with Crippen molar-refractivity contribution in [3.63, 3.8) is 0 Å². The first-order valence-electron chi connectivity index (χ1n) is 5.44. The van der Waals surface area contributed by atoms with E-state index in [0.717, 1.165) is 0 Å². The summed E-state index contributed by atoms with van der Waals surface area (Å²) in [5, 5.41) is 11.1. The first-order chi connectivity index (χ1) is 9.47. The molecule has 0 unspecified atom stereocenters. The lowest BCUT2D eigenvalue weighted by Crippen LogP contribution is -2.16. The van der Waals surface area contributed by atoms with E-state index in [0.29, 0.717) is 4.47 Å². The van der Waals surface area contributed by atoms with Gasteiger partial charge in [0.1, 0.15) is 17.2 Å². The van der Waals surface area contributed by atoms with Crippen LogP contribution in [0.4, 0.5) is 10.1 Å². The van der Waals surface area contributed by atoms with Gasteiger partial charge in [-0.1, -0.05) is 22.0 Å². The van der Waals surface area contributed by atoms with Crippen LogP contribution in [-0.4, -0.2) is 22.0 Å². The van der Waals surface area contributed by atoms with Gasteiger partial charge >= 0.3 is 5.97 Å². The number of amides is 1. The fraction of sp³-hybridized carbons (Fsp3) is 0. The quantitative estimate of drug-likeness (QED) is 0.901. The first-order valence-corrected chi connectivity index (χ1v) is 6.23. The monoisotopic (exact) mass is 338 g/mol. The summed E-state index contributed by atoms with van der Waals surface area (Å²) >= 11 is 3.16. The van der Waals surface area contributed by atoms with E-state index in [9.17, 15) is 14.0 Å². The van der Waals surface area contributed by atoms with Crippen LogP contribution >= 0.6 is 15.9 Å². The Morgan fingerprint density at radius 3 is 2.60 bits per heavy atom. The maximum Gasteiger partial charge on any atom is 0.354 e. The number of halogens is 2. The van der Waals surface area contributed by atoms with Gasteiger partial charge in [0.15, 0.2) is 0 Å². The molecule has 0 aliphatic carbocycles. The summed E-state index contributed by atoms with van der Waals surface area (Å²) in [6, 6.07) is 8.09. The van der Waals surface area contributed by atoms with Crippen LogP contribution < -0.4 is 5.32 Å². The molecule has 0 fully saturated rings. The van der Waals surface area contributed by atoms with Crippen LogP contribution in [0.5, 0.6) is 0 Å². The van der Waals surface area contributed by atoms with Crippen LogP contribution in [0.25, 0.3) is 0 Å². The van der Waals surface area contributed by atoms with Gasteiger partial charge in [-0.2, -0.15) is 0 Å². The van der Waals surface area contributed by atoms with E-state index >= 15 is 0 Å². The third-order valence-corrected chi connectivity index (χ3v) is 2.87. The minimum Gasteiger partial charge on any atom is -0.477 e. The number of benzene rings is 1. The van der Waals surface area contributed by atoms with Gasteiger partial charge in [-0.3, -0.25) is 4.79 Å². The van der Waals surface area contributed by atoms with Crippen molar-refractivity contribution in [1.82, 2.24) is 4.98 Å². The second kappa shape index (κ2) is 5.79. The number of hydrogen-bond donors (Lipinski definition) is 2. The Kier molecular flexibility index (Phi) is 4.09. The molecule has 2 rings (SSSR count). The van der Waals surface area contributed by atoms with E-state index in [4.69, 9.17) is 5.11 Å². The average molecular weight is 339 g/mol. The van der Waals surface area contributed by atoms with E-state index in [1.807, 2.05) is 0 Å². The maximum absolute atomic E-state index is 13.5. The highest BCUT2D eigenvalue weighted by Crippen LogP contribution is 2.20. The number of hydrogen-bond acceptors (Lipinski definition) is 3. The Morgan fingerprint density at radius 2 is 1.90 bits per heavy atom. The van der Waals surface area contributed by atoms with Gasteiger partial charge in [-0.05, 0) is 30.3 Å². The predicted octanol–water partition coefficient (Wildman–Crippen LogP) is 2.93. The van der Waals surface area contributed by atoms with Crippen molar-refractivity contribution in [3.8, 4) is 0 Å². The number of rotatable bonds is 3. The van der Waals surface area contributed by atoms with Crippen molar-refractivity contribution >= 4 is 33.5 Å². The number of pyridine rings is 1. The predicted molar refractivity (Wildman–Crippen MR) is 73.2 cm³/mol. The summed E-state index contributed by atoms with van der Waals surface area (Å²) in [5.74, 6) is -2.53. The third-order valence-electron chi connectivity index (χ3n) is 2.38. The smallest absolute Gasteiger partial charge is 0.354 e. The number of carboxylic acid groups (broad SMARTS) is 1. The topological polar surface area (TPSA) is 79.3 Å². The van der Waals surface area contributed by atoms with Gasteiger partial charge in [0.05, 0.1) is 5.69 Å². The molecule has 0 bridgehead atoms. The lowest BCUT2D eigenvalue weighted by atomic mass is 10.2. The average Bonchev–Trinajstić information content (AvgIpc) is 2.43. The van der Waals surface area contributed by atoms with Crippen LogP contribution in [-0.2, 0) is 0 Å². The minimum atomic E-state index is -1.24. The third kappa shape index (κ3) is 3.18. The van der Waals surface area contributed by atoms with Gasteiger partial charge in [0, 0.05) is 4.47 Å². The molecule has 2 N–H and O–H groups in total. The zero-order valence-electron chi connectivity index (χ0n) is 9.93. The number of carboxylic acids is 1. The SMILES string of the molecule is O=C(O)c1cccc(C(=O)Nc2cc(Br)ccc2F)n1. The van der Waals surface area contributed by atoms with Crippen molar-refractivity contribution < 1.29 is 19.1 Å². The normalized spacial score (nSPS) is 10.1. The number of anilines is 1. The second-order valence-electron chi connectivity index (χ2n) is 3.79. The molecule has 7 heteroatoms. The molecule has 20 heavy (non-hydrogen) atoms. The van der Waals surface area contributed by atoms with Crippen LogP contribution in [0.3, 0.4) is 0 Å². The molecule has 0 spiro atoms. The van der Waals surface area contributed by atoms with Crippen LogP contribution in [0, 0.1) is 5.82 Å². The molecule has 1 heterocycles. The lowest BCUT2D eigenvalue weighted by Gasteiger charge is -2.06. The molecule has 102 valence electrons. The summed E-state index contributed by atoms with van der Waals surface area (Å²) in [5.41, 5.74) is -0.386. The van der Waals surface area contributed by atoms with E-state index in [2.05, 4.69) is 26.2 Å². The van der Waals surface area contributed by atoms with Gasteiger partial charge in [0.2, 0.25) is 0 Å². The molecule has 1 amide bonds. The van der Waals surface area contributed by atoms with E-state index in [1.165, 1.54) is 36.4 Å². The Labute approximate surface area is 121 Å². The molecule has 0 aliphatic rings. The van der Waals surface area contributed by atoms with Crippen molar-refractivity contribution in [2.45, 2.75) is 0 Å². The Morgan fingerprint density at radius 1 is 1.20 bits per heavy atom. The number of carbonyl (C=O) groups excluding carboxylic acids is 1. The highest BCUT2D eigenvalue weighted by Gasteiger charge is 2.13. The largest absolute Gasteiger partial charge is 0.477 e. The van der Waals surface area contributed by atoms with Crippen LogP contribution in [0.2, 0.25) is 0 Å². The van der Waals surface area contributed by atoms with E-state index < -0.39 is 17.7 Å². The molecule has 0 saturated heterocycles. The summed E-state index contributed by atoms with van der Waals surface area (Å²) < 4.78 is 14.1. The Balaban J connectivity index is 2.26. The summed E-state index contributed by atoms with van der Waals surface area (Å²) in [4.78, 5) is 26.4. The highest BCUT2D eigenvalue weighted by molar-refractivity contribution is 9.10. The van der Waals surface area contributed by atoms with Crippen molar-refractivity contribution in [3.05, 3.63) is 58.1 Å². The van der Waals surface area contributed by atoms with Gasteiger partial charge in [-0.25, -0.2) is 14.2 Å². The fourth-order valence-corrected chi connectivity index (χ4v) is 1.82. The Hall–Kier alpha value is -2.28. The molecule has 0 saturated carbocycles. The number of aromatic carboxylic acids is 1. The molecule has 5 nitrogen and oxygen atoms in total. The van der Waals surface area contributed by atoms with Gasteiger partial charge in [0.25, 0.3) is 5.91 Å². The van der Waals surface area contributed by atoms with Gasteiger partial charge in [-0.15, -0.1) is 0 Å². The number of carbonyl (C=O) groups is 2. The van der Waals surface area contributed by atoms with E-state index in [1.54, 1.807) is 0 Å². The van der Waals surface area contributed by atoms with Crippen molar-refractivity contribution in [2.75, 3.05) is 5.32 Å². The number of nitrogens with one attached hydrogen (secondary N) is 1. The van der Waals surface area contributed by atoms with E-state index in [-0.39, 0.29) is 17.1 Å². The summed E-state index contributed by atoms with van der Waals surface area (Å²) in [7, 11) is 0. The summed E-state index contributed by atoms with van der Waals surface area (Å²) in [6.45, 7) is 0. The molecule has 0 atom stereocenters. The highest BCUT2D eigenvalue weighted by atomic mass is 79.9.